The first kappa shape index (κ1) is 74.4. The van der Waals surface area contributed by atoms with E-state index in [9.17, 15) is 78.0 Å². The second kappa shape index (κ2) is 34.1. The summed E-state index contributed by atoms with van der Waals surface area (Å²) in [6.45, 7) is 11.6. The average Bonchev–Trinajstić information content (AvgIpc) is 0.818. The van der Waals surface area contributed by atoms with Crippen molar-refractivity contribution in [2.45, 2.75) is 142 Å². The molecule has 4 aromatic rings. The van der Waals surface area contributed by atoms with Crippen LogP contribution in [-0.4, -0.2) is 151 Å². The summed E-state index contributed by atoms with van der Waals surface area (Å²) in [5.41, 5.74) is 3.83. The number of carbonyl (C=O) groups excluding carboxylic acids is 8. The van der Waals surface area contributed by atoms with Gasteiger partial charge >= 0.3 is 23.9 Å². The molecule has 2 aliphatic heterocycles. The quantitative estimate of drug-likeness (QED) is 0.0143. The number of hydrogen-bond donors (Lipinski definition) is 14. The number of carboxylic acid groups (broad SMARTS) is 3. The Kier molecular flexibility index (Phi) is 25.9. The molecule has 1 fully saturated rings. The Morgan fingerprint density at radius 2 is 1.34 bits per heavy atom. The number of aliphatic carboxylic acids is 2. The van der Waals surface area contributed by atoms with Crippen molar-refractivity contribution in [3.8, 4) is 28.2 Å². The Morgan fingerprint density at radius 1 is 0.663 bits per heavy atom. The van der Waals surface area contributed by atoms with Crippen LogP contribution in [0.15, 0.2) is 112 Å². The molecule has 0 aromatic heterocycles. The zero-order chi connectivity index (χ0) is 71.7. The monoisotopic (exact) mass is 1370 g/mol. The van der Waals surface area contributed by atoms with E-state index in [0.717, 1.165) is 5.56 Å². The Labute approximate surface area is 569 Å². The number of rotatable bonds is 30. The number of urea groups is 1. The van der Waals surface area contributed by atoms with Crippen LogP contribution < -0.4 is 58.6 Å². The number of carboxylic acids is 3. The standard InChI is InChI=1S/C69H81N11O17S/c1-35(2)29-51(75-56(83)30-40-17-19-41(20-18-40)73-68(96)78-49-14-9-8-13-37(49)5)62(88)77-52(34-57(84)85)63(89)79-59(36(3)4)65(91)80-28-12-16-53(80)64(90)72-38(6)60(86)71-39(7)61(87)76-50(67(94)95)15-10-11-27-70-69(98)74-42-21-24-45(66(92)93)48(31-42)58-46-25-22-43(81)32-54(46)97-55-33-44(82)23-26-47(55)58/h8-9,13-14,17-26,31-33,35-36,38-39,50-53,59,81H,10-12,15-16,27-30,34H2,1-7H3,(H,71,86)(H,72,90)(H,75,83)(H,76,87)(H,77,88)(H,79,89)(H,84,85)(H,92,93)(H,94,95)(H2,70,74,98)(H2,73,78,96)/t38-,39-,50-,51-,52-,53-,59-/m0/s1. The molecule has 14 N–H and O–H groups in total. The molecule has 0 saturated carbocycles. The van der Waals surface area contributed by atoms with E-state index in [4.69, 9.17) is 16.6 Å². The first-order valence-electron chi connectivity index (χ1n) is 31.9. The molecule has 3 aliphatic rings. The minimum absolute atomic E-state index is 0.0247. The van der Waals surface area contributed by atoms with Crippen LogP contribution in [0.5, 0.6) is 5.75 Å². The molecule has 29 heteroatoms. The molecule has 1 saturated heterocycles. The summed E-state index contributed by atoms with van der Waals surface area (Å²) < 4.78 is 5.93. The summed E-state index contributed by atoms with van der Waals surface area (Å²) in [4.78, 5) is 159. The lowest BCUT2D eigenvalue weighted by Crippen LogP contribution is -2.60. The maximum atomic E-state index is 14.3. The first-order chi connectivity index (χ1) is 46.5. The molecule has 520 valence electrons. The van der Waals surface area contributed by atoms with Crippen LogP contribution in [0.2, 0.25) is 0 Å². The number of hydrogen-bond acceptors (Lipinski definition) is 15. The highest BCUT2D eigenvalue weighted by atomic mass is 32.1. The first-order valence-corrected chi connectivity index (χ1v) is 32.3. The van der Waals surface area contributed by atoms with Gasteiger partial charge in [-0.25, -0.2) is 14.4 Å². The number of phenolic OH excluding ortho intramolecular Hbond substituents is 1. The van der Waals surface area contributed by atoms with Crippen molar-refractivity contribution in [2.75, 3.05) is 29.0 Å². The fourth-order valence-electron chi connectivity index (χ4n) is 11.1. The van der Waals surface area contributed by atoms with Crippen molar-refractivity contribution < 1.29 is 77.6 Å². The summed E-state index contributed by atoms with van der Waals surface area (Å²) in [6, 6.07) is 16.9. The second-order valence-corrected chi connectivity index (χ2v) is 25.1. The maximum absolute atomic E-state index is 14.3. The van der Waals surface area contributed by atoms with E-state index in [1.165, 1.54) is 61.2 Å². The number of likely N-dealkylation sites (tertiary alicyclic amines) is 1. The van der Waals surface area contributed by atoms with Crippen molar-refractivity contribution >= 4 is 111 Å². The molecular formula is C69H81N11O17S. The number of fused-ring (bicyclic) bond motifs is 2. The zero-order valence-corrected chi connectivity index (χ0v) is 55.9. The van der Waals surface area contributed by atoms with E-state index < -0.39 is 120 Å². The summed E-state index contributed by atoms with van der Waals surface area (Å²) in [5.74, 6) is -10.3. The van der Waals surface area contributed by atoms with Crippen LogP contribution in [0.3, 0.4) is 0 Å². The number of nitrogens with zero attached hydrogens (tertiary/aromatic N) is 1. The number of nitrogens with one attached hydrogen (secondary N) is 10. The predicted octanol–water partition coefficient (Wildman–Crippen LogP) is 5.82. The number of benzene rings is 5. The van der Waals surface area contributed by atoms with E-state index in [0.29, 0.717) is 52.0 Å². The van der Waals surface area contributed by atoms with Crippen molar-refractivity contribution in [1.29, 1.82) is 0 Å². The number of para-hydroxylation sites is 1. The number of anilines is 3. The van der Waals surface area contributed by atoms with Crippen molar-refractivity contribution in [2.24, 2.45) is 11.8 Å². The smallest absolute Gasteiger partial charge is 0.336 e. The molecule has 0 spiro atoms. The van der Waals surface area contributed by atoms with Gasteiger partial charge in [0.15, 0.2) is 10.5 Å². The van der Waals surface area contributed by atoms with E-state index in [2.05, 4.69) is 53.2 Å². The van der Waals surface area contributed by atoms with Gasteiger partial charge in [0.25, 0.3) is 0 Å². The minimum atomic E-state index is -1.72. The van der Waals surface area contributed by atoms with Gasteiger partial charge in [-0.05, 0) is 161 Å². The predicted molar refractivity (Wildman–Crippen MR) is 367 cm³/mol. The molecule has 0 radical (unpaired) electrons. The molecule has 0 unspecified atom stereocenters. The highest BCUT2D eigenvalue weighted by Crippen LogP contribution is 2.43. The van der Waals surface area contributed by atoms with Gasteiger partial charge in [-0.3, -0.25) is 43.2 Å². The molecule has 4 aromatic carbocycles. The highest BCUT2D eigenvalue weighted by molar-refractivity contribution is 7.80. The number of unbranched alkanes of at least 4 members (excludes halogenated alkanes) is 1. The molecule has 9 amide bonds. The lowest BCUT2D eigenvalue weighted by atomic mass is 9.90. The number of thiocarbonyl (C=S) groups is 1. The van der Waals surface area contributed by atoms with Gasteiger partial charge in [0.1, 0.15) is 59.4 Å². The van der Waals surface area contributed by atoms with Gasteiger partial charge in [0.05, 0.1) is 18.4 Å². The van der Waals surface area contributed by atoms with Crippen molar-refractivity contribution in [3.63, 3.8) is 0 Å². The van der Waals surface area contributed by atoms with E-state index in [1.807, 2.05) is 19.1 Å². The summed E-state index contributed by atoms with van der Waals surface area (Å²) >= 11 is 5.52. The van der Waals surface area contributed by atoms with Crippen molar-refractivity contribution in [1.82, 2.24) is 42.1 Å². The van der Waals surface area contributed by atoms with E-state index in [1.54, 1.807) is 76.2 Å². The molecule has 0 bridgehead atoms. The lowest BCUT2D eigenvalue weighted by molar-refractivity contribution is -0.144. The van der Waals surface area contributed by atoms with Crippen LogP contribution in [0, 0.1) is 18.8 Å². The van der Waals surface area contributed by atoms with Crippen molar-refractivity contribution in [3.05, 3.63) is 130 Å². The third-order valence-corrected chi connectivity index (χ3v) is 16.4. The maximum Gasteiger partial charge on any atom is 0.336 e. The second-order valence-electron chi connectivity index (χ2n) is 24.7. The van der Waals surface area contributed by atoms with Gasteiger partial charge in [-0.2, -0.15) is 0 Å². The van der Waals surface area contributed by atoms with Gasteiger partial charge in [0, 0.05) is 58.8 Å². The SMILES string of the molecule is Cc1ccccc1NC(=O)Nc1ccc(CC(=O)N[C@@H](CC(C)C)C(=O)N[C@@H](CC(=O)O)C(=O)N[C@H](C(=O)N2CCC[C@H]2C(=O)N[C@@H](C)C(=O)N[C@@H](C)C(=O)N[C@@H](CCCCNC(=S)Nc2ccc(C(=O)O)c(-c3c4ccc(=O)cc-4oc4cc(O)ccc34)c2)C(=O)O)C(C)C)cc1. The molecule has 98 heavy (non-hydrogen) atoms. The van der Waals surface area contributed by atoms with E-state index >= 15 is 0 Å². The average molecular weight is 1370 g/mol. The summed E-state index contributed by atoms with van der Waals surface area (Å²) in [7, 11) is 0. The van der Waals surface area contributed by atoms with Crippen LogP contribution in [0.1, 0.15) is 108 Å². The van der Waals surface area contributed by atoms with Gasteiger partial charge < -0.3 is 82.9 Å². The zero-order valence-electron chi connectivity index (χ0n) is 55.0. The third-order valence-electron chi connectivity index (χ3n) is 16.2. The molecular weight excluding hydrogens is 1290 g/mol. The number of aromatic carboxylic acids is 1. The number of aromatic hydroxyl groups is 1. The number of amides is 9. The Morgan fingerprint density at radius 3 is 2.01 bits per heavy atom. The Balaban J connectivity index is 0.865. The van der Waals surface area contributed by atoms with Crippen LogP contribution in [0.4, 0.5) is 21.9 Å². The molecule has 7 atom stereocenters. The largest absolute Gasteiger partial charge is 0.508 e. The molecule has 1 aliphatic carbocycles. The Bertz CT molecular complexity index is 4030. The summed E-state index contributed by atoms with van der Waals surface area (Å²) in [6.07, 6.45) is 0.162. The highest BCUT2D eigenvalue weighted by Gasteiger charge is 2.41. The fourth-order valence-corrected chi connectivity index (χ4v) is 11.3. The third kappa shape index (κ3) is 20.5. The number of carbonyl (C=O) groups is 11. The minimum Gasteiger partial charge on any atom is -0.508 e. The van der Waals surface area contributed by atoms with Crippen LogP contribution in [-0.2, 0) is 49.6 Å². The normalized spacial score (nSPS) is 14.5. The van der Waals surface area contributed by atoms with Gasteiger partial charge in [-0.15, -0.1) is 0 Å². The summed E-state index contributed by atoms with van der Waals surface area (Å²) in [5, 5.41) is 67.6. The van der Waals surface area contributed by atoms with E-state index in [-0.39, 0.29) is 89.9 Å². The van der Waals surface area contributed by atoms with Gasteiger partial charge in [-0.1, -0.05) is 58.0 Å². The molecule has 2 heterocycles. The number of aryl methyl sites for hydroxylation is 1. The van der Waals surface area contributed by atoms with Crippen LogP contribution >= 0.6 is 12.2 Å². The molecule has 7 rings (SSSR count). The fraction of sp³-hybridized carbons (Fsp3) is 0.377. The topological polar surface area (TPSA) is 422 Å². The van der Waals surface area contributed by atoms with Gasteiger partial charge in [0.2, 0.25) is 41.4 Å². The van der Waals surface area contributed by atoms with Crippen LogP contribution in [0.25, 0.3) is 33.4 Å². The molecule has 28 nitrogen and oxygen atoms in total. The Hall–Kier alpha value is -11.0. The lowest BCUT2D eigenvalue weighted by Gasteiger charge is -2.32. The number of phenols is 1.